The number of aromatic nitrogens is 1. The summed E-state index contributed by atoms with van der Waals surface area (Å²) in [7, 11) is 0. The SMILES string of the molecule is O=C(NCC(O)c1ccccc1)c1cc2sccc2n1Cc1ccccc1. The molecule has 2 N–H and O–H groups in total. The number of nitrogens with zero attached hydrogens (tertiary/aromatic N) is 1. The second kappa shape index (κ2) is 7.78. The van der Waals surface area contributed by atoms with Crippen molar-refractivity contribution in [3.63, 3.8) is 0 Å². The van der Waals surface area contributed by atoms with Crippen molar-refractivity contribution in [3.8, 4) is 0 Å². The Morgan fingerprint density at radius 2 is 1.74 bits per heavy atom. The first-order valence-corrected chi connectivity index (χ1v) is 9.72. The Kier molecular flexibility index (Phi) is 5.05. The summed E-state index contributed by atoms with van der Waals surface area (Å²) >= 11 is 1.62. The standard InChI is InChI=1S/C22H20N2O2S/c25-20(17-9-5-2-6-10-17)14-23-22(26)19-13-21-18(11-12-27-21)24(19)15-16-7-3-1-4-8-16/h1-13,20,25H,14-15H2,(H,23,26). The van der Waals surface area contributed by atoms with Crippen LogP contribution in [0.3, 0.4) is 0 Å². The van der Waals surface area contributed by atoms with Gasteiger partial charge in [-0.2, -0.15) is 0 Å². The van der Waals surface area contributed by atoms with Gasteiger partial charge in [-0.1, -0.05) is 60.7 Å². The van der Waals surface area contributed by atoms with Crippen LogP contribution in [0.25, 0.3) is 10.2 Å². The van der Waals surface area contributed by atoms with Crippen LogP contribution in [-0.2, 0) is 6.54 Å². The number of amides is 1. The number of carbonyl (C=O) groups excluding carboxylic acids is 1. The van der Waals surface area contributed by atoms with Gasteiger partial charge >= 0.3 is 0 Å². The largest absolute Gasteiger partial charge is 0.387 e. The van der Waals surface area contributed by atoms with E-state index in [4.69, 9.17) is 0 Å². The maximum Gasteiger partial charge on any atom is 0.268 e. The molecule has 2 aromatic heterocycles. The van der Waals surface area contributed by atoms with E-state index in [1.165, 1.54) is 0 Å². The van der Waals surface area contributed by atoms with Crippen molar-refractivity contribution < 1.29 is 9.90 Å². The number of carbonyl (C=O) groups is 1. The number of aliphatic hydroxyl groups is 1. The van der Waals surface area contributed by atoms with Crippen molar-refractivity contribution in [2.24, 2.45) is 0 Å². The van der Waals surface area contributed by atoms with Gasteiger partial charge in [0, 0.05) is 13.1 Å². The van der Waals surface area contributed by atoms with E-state index in [9.17, 15) is 9.90 Å². The Morgan fingerprint density at radius 1 is 1.04 bits per heavy atom. The highest BCUT2D eigenvalue weighted by Gasteiger charge is 2.18. The number of benzene rings is 2. The summed E-state index contributed by atoms with van der Waals surface area (Å²) in [6.07, 6.45) is -0.728. The van der Waals surface area contributed by atoms with E-state index >= 15 is 0 Å². The molecular weight excluding hydrogens is 356 g/mol. The fourth-order valence-electron chi connectivity index (χ4n) is 3.17. The van der Waals surface area contributed by atoms with Crippen LogP contribution in [0.4, 0.5) is 0 Å². The zero-order valence-electron chi connectivity index (χ0n) is 14.7. The van der Waals surface area contributed by atoms with E-state index in [2.05, 4.69) is 17.4 Å². The number of aliphatic hydroxyl groups excluding tert-OH is 1. The molecule has 1 atom stereocenters. The predicted molar refractivity (Wildman–Crippen MR) is 109 cm³/mol. The predicted octanol–water partition coefficient (Wildman–Crippen LogP) is 4.21. The molecule has 2 heterocycles. The molecule has 0 bridgehead atoms. The third-order valence-electron chi connectivity index (χ3n) is 4.58. The number of hydrogen-bond acceptors (Lipinski definition) is 3. The summed E-state index contributed by atoms with van der Waals surface area (Å²) < 4.78 is 3.12. The topological polar surface area (TPSA) is 54.3 Å². The highest BCUT2D eigenvalue weighted by molar-refractivity contribution is 7.17. The molecule has 5 heteroatoms. The molecule has 0 saturated carbocycles. The molecule has 4 aromatic rings. The molecule has 0 aliphatic carbocycles. The second-order valence-corrected chi connectivity index (χ2v) is 7.36. The van der Waals surface area contributed by atoms with E-state index in [-0.39, 0.29) is 12.5 Å². The molecular formula is C22H20N2O2S. The summed E-state index contributed by atoms with van der Waals surface area (Å²) in [5.74, 6) is -0.177. The highest BCUT2D eigenvalue weighted by Crippen LogP contribution is 2.26. The van der Waals surface area contributed by atoms with Gasteiger partial charge < -0.3 is 15.0 Å². The third-order valence-corrected chi connectivity index (χ3v) is 5.43. The molecule has 0 aliphatic rings. The maximum absolute atomic E-state index is 12.8. The molecule has 1 amide bonds. The quantitative estimate of drug-likeness (QED) is 0.529. The first kappa shape index (κ1) is 17.5. The summed E-state index contributed by atoms with van der Waals surface area (Å²) in [5.41, 5.74) is 3.59. The first-order chi connectivity index (χ1) is 13.2. The van der Waals surface area contributed by atoms with Crippen LogP contribution in [0.2, 0.25) is 0 Å². The van der Waals surface area contributed by atoms with Crippen LogP contribution in [0, 0.1) is 0 Å². The second-order valence-electron chi connectivity index (χ2n) is 6.41. The Labute approximate surface area is 161 Å². The summed E-state index contributed by atoms with van der Waals surface area (Å²) in [6, 6.07) is 23.4. The fraction of sp³-hybridized carbons (Fsp3) is 0.136. The third kappa shape index (κ3) is 3.79. The molecule has 0 fully saturated rings. The van der Waals surface area contributed by atoms with Crippen molar-refractivity contribution in [2.45, 2.75) is 12.6 Å². The van der Waals surface area contributed by atoms with E-state index in [0.29, 0.717) is 12.2 Å². The molecule has 1 unspecified atom stereocenters. The van der Waals surface area contributed by atoms with Gasteiger partial charge in [-0.05, 0) is 28.6 Å². The van der Waals surface area contributed by atoms with Gasteiger partial charge in [0.05, 0.1) is 16.3 Å². The van der Waals surface area contributed by atoms with Crippen molar-refractivity contribution in [2.75, 3.05) is 6.54 Å². The monoisotopic (exact) mass is 376 g/mol. The lowest BCUT2D eigenvalue weighted by atomic mass is 10.1. The molecule has 4 rings (SSSR count). The number of fused-ring (bicyclic) bond motifs is 1. The van der Waals surface area contributed by atoms with Crippen molar-refractivity contribution >= 4 is 27.5 Å². The van der Waals surface area contributed by atoms with Crippen LogP contribution in [-0.4, -0.2) is 22.1 Å². The van der Waals surface area contributed by atoms with Gasteiger partial charge in [0.25, 0.3) is 5.91 Å². The number of rotatable bonds is 6. The molecule has 4 nitrogen and oxygen atoms in total. The minimum atomic E-state index is -0.728. The van der Waals surface area contributed by atoms with E-state index in [0.717, 1.165) is 21.3 Å². The average molecular weight is 376 g/mol. The normalized spacial score (nSPS) is 12.2. The van der Waals surface area contributed by atoms with Crippen molar-refractivity contribution in [1.82, 2.24) is 9.88 Å². The van der Waals surface area contributed by atoms with Crippen LogP contribution < -0.4 is 5.32 Å². The average Bonchev–Trinajstić information content (AvgIpc) is 3.30. The fourth-order valence-corrected chi connectivity index (χ4v) is 4.00. The Morgan fingerprint density at radius 3 is 2.48 bits per heavy atom. The van der Waals surface area contributed by atoms with Gasteiger partial charge in [0.15, 0.2) is 0 Å². The van der Waals surface area contributed by atoms with Crippen LogP contribution >= 0.6 is 11.3 Å². The lowest BCUT2D eigenvalue weighted by molar-refractivity contribution is 0.0908. The number of hydrogen-bond donors (Lipinski definition) is 2. The van der Waals surface area contributed by atoms with Crippen molar-refractivity contribution in [3.05, 3.63) is 95.0 Å². The lowest BCUT2D eigenvalue weighted by Crippen LogP contribution is -2.30. The summed E-state index contributed by atoms with van der Waals surface area (Å²) in [6.45, 7) is 0.804. The highest BCUT2D eigenvalue weighted by atomic mass is 32.1. The molecule has 0 radical (unpaired) electrons. The Bertz CT molecular complexity index is 1040. The lowest BCUT2D eigenvalue weighted by Gasteiger charge is -2.14. The minimum Gasteiger partial charge on any atom is -0.387 e. The Hall–Kier alpha value is -2.89. The zero-order chi connectivity index (χ0) is 18.6. The van der Waals surface area contributed by atoms with Gasteiger partial charge in [0.1, 0.15) is 5.69 Å². The van der Waals surface area contributed by atoms with E-state index in [1.807, 2.05) is 70.6 Å². The zero-order valence-corrected chi connectivity index (χ0v) is 15.5. The Balaban J connectivity index is 1.55. The summed E-state index contributed by atoms with van der Waals surface area (Å²) in [5, 5.41) is 15.2. The van der Waals surface area contributed by atoms with Crippen LogP contribution in [0.15, 0.2) is 78.2 Å². The molecule has 2 aromatic carbocycles. The minimum absolute atomic E-state index is 0.174. The molecule has 0 saturated heterocycles. The van der Waals surface area contributed by atoms with Crippen LogP contribution in [0.1, 0.15) is 27.7 Å². The van der Waals surface area contributed by atoms with Crippen molar-refractivity contribution in [1.29, 1.82) is 0 Å². The first-order valence-electron chi connectivity index (χ1n) is 8.84. The van der Waals surface area contributed by atoms with Gasteiger partial charge in [-0.25, -0.2) is 0 Å². The van der Waals surface area contributed by atoms with Gasteiger partial charge in [0.2, 0.25) is 0 Å². The smallest absolute Gasteiger partial charge is 0.268 e. The number of nitrogens with one attached hydrogen (secondary N) is 1. The van der Waals surface area contributed by atoms with Crippen LogP contribution in [0.5, 0.6) is 0 Å². The van der Waals surface area contributed by atoms with E-state index in [1.54, 1.807) is 11.3 Å². The maximum atomic E-state index is 12.8. The number of thiophene rings is 1. The molecule has 27 heavy (non-hydrogen) atoms. The van der Waals surface area contributed by atoms with E-state index < -0.39 is 6.10 Å². The molecule has 136 valence electrons. The van der Waals surface area contributed by atoms with Gasteiger partial charge in [-0.3, -0.25) is 4.79 Å². The molecule has 0 aliphatic heterocycles. The van der Waals surface area contributed by atoms with Gasteiger partial charge in [-0.15, -0.1) is 11.3 Å². The summed E-state index contributed by atoms with van der Waals surface area (Å²) in [4.78, 5) is 12.8. The molecule has 0 spiro atoms.